The van der Waals surface area contributed by atoms with E-state index in [9.17, 15) is 15.0 Å². The van der Waals surface area contributed by atoms with Crippen molar-refractivity contribution in [3.8, 4) is 11.8 Å². The van der Waals surface area contributed by atoms with Crippen LogP contribution < -0.4 is 16.8 Å². The maximum absolute atomic E-state index is 11.2. The normalized spacial score (nSPS) is 23.1. The Hall–Kier alpha value is -2.73. The molecule has 3 heterocycles. The molecule has 1 aliphatic heterocycles. The Balaban J connectivity index is 1.74. The lowest BCUT2D eigenvalue weighted by atomic mass is 10.1. The largest absolute Gasteiger partial charge is 0.480 e. The summed E-state index contributed by atoms with van der Waals surface area (Å²) < 4.78 is 7.69. The van der Waals surface area contributed by atoms with Crippen LogP contribution in [0, 0.1) is 11.8 Å². The first-order chi connectivity index (χ1) is 17.4. The van der Waals surface area contributed by atoms with Gasteiger partial charge >= 0.3 is 5.97 Å². The molecule has 0 aliphatic carbocycles. The summed E-state index contributed by atoms with van der Waals surface area (Å²) in [5.74, 6) is 7.12. The average Bonchev–Trinajstić information content (AvgIpc) is 3.42. The van der Waals surface area contributed by atoms with Crippen LogP contribution in [0.4, 0.5) is 5.82 Å². The van der Waals surface area contributed by atoms with E-state index in [1.807, 2.05) is 0 Å². The smallest absolute Gasteiger partial charge is 0.320 e. The van der Waals surface area contributed by atoms with Crippen molar-refractivity contribution in [2.75, 3.05) is 35.7 Å². The fraction of sp³-hybridized carbons (Fsp3) is 0.565. The molecule has 6 atom stereocenters. The van der Waals surface area contributed by atoms with Crippen molar-refractivity contribution >= 4 is 33.8 Å². The summed E-state index contributed by atoms with van der Waals surface area (Å²) in [5.41, 5.74) is 12.2. The van der Waals surface area contributed by atoms with Crippen molar-refractivity contribution in [3.63, 3.8) is 0 Å². The third-order valence-corrected chi connectivity index (χ3v) is 7.89. The average molecular weight is 521 g/mol. The van der Waals surface area contributed by atoms with Crippen molar-refractivity contribution in [1.82, 2.24) is 19.5 Å². The number of ether oxygens (including phenoxy) is 1. The molecule has 13 heteroatoms. The van der Waals surface area contributed by atoms with E-state index in [2.05, 4.69) is 38.7 Å². The number of carboxylic acids is 1. The molecule has 0 saturated carbocycles. The first-order valence-electron chi connectivity index (χ1n) is 11.7. The van der Waals surface area contributed by atoms with E-state index < -0.39 is 47.4 Å². The lowest BCUT2D eigenvalue weighted by Gasteiger charge is -2.16. The fourth-order valence-electron chi connectivity index (χ4n) is 3.73. The molecular weight excluding hydrogens is 486 g/mol. The molecule has 3 rings (SSSR count). The number of aliphatic carboxylic acids is 1. The molecule has 36 heavy (non-hydrogen) atoms. The second-order valence-corrected chi connectivity index (χ2v) is 10.6. The van der Waals surface area contributed by atoms with Gasteiger partial charge in [0.05, 0.1) is 6.33 Å². The Morgan fingerprint density at radius 3 is 2.86 bits per heavy atom. The molecule has 0 spiro atoms. The number of nitrogens with one attached hydrogen (secondary N) is 1. The van der Waals surface area contributed by atoms with Crippen LogP contribution in [0.3, 0.4) is 0 Å². The Morgan fingerprint density at radius 2 is 2.14 bits per heavy atom. The van der Waals surface area contributed by atoms with Crippen LogP contribution in [-0.2, 0) is 20.4 Å². The summed E-state index contributed by atoms with van der Waals surface area (Å²) in [6.45, 7) is 4.73. The zero-order valence-electron chi connectivity index (χ0n) is 20.0. The number of aliphatic hydroxyl groups is 2. The summed E-state index contributed by atoms with van der Waals surface area (Å²) in [6, 6.07) is -0.973. The summed E-state index contributed by atoms with van der Waals surface area (Å²) in [4.78, 5) is 24.0. The van der Waals surface area contributed by atoms with Crippen molar-refractivity contribution in [1.29, 1.82) is 0 Å². The minimum atomic E-state index is -1.21. The van der Waals surface area contributed by atoms with E-state index >= 15 is 0 Å². The van der Waals surface area contributed by atoms with Crippen LogP contribution in [0.15, 0.2) is 25.3 Å². The Morgan fingerprint density at radius 1 is 1.33 bits per heavy atom. The lowest BCUT2D eigenvalue weighted by Crippen LogP contribution is -2.38. The molecule has 6 unspecified atom stereocenters. The number of rotatable bonds is 13. The number of carbonyl (C=O) groups is 1. The van der Waals surface area contributed by atoms with Gasteiger partial charge < -0.3 is 36.8 Å². The van der Waals surface area contributed by atoms with Gasteiger partial charge in [0, 0.05) is 30.3 Å². The summed E-state index contributed by atoms with van der Waals surface area (Å²) in [7, 11) is -0.403. The number of carboxylic acid groups (broad SMARTS) is 1. The molecule has 1 aliphatic rings. The van der Waals surface area contributed by atoms with Gasteiger partial charge in [-0.2, -0.15) is 0 Å². The second-order valence-electron chi connectivity index (χ2n) is 8.37. The highest BCUT2D eigenvalue weighted by atomic mass is 32.2. The van der Waals surface area contributed by atoms with E-state index in [-0.39, 0.29) is 6.42 Å². The predicted octanol–water partition coefficient (Wildman–Crippen LogP) is -0.794. The van der Waals surface area contributed by atoms with Gasteiger partial charge in [-0.1, -0.05) is 12.0 Å². The monoisotopic (exact) mass is 520 g/mol. The zero-order valence-corrected chi connectivity index (χ0v) is 20.8. The minimum Gasteiger partial charge on any atom is -0.480 e. The third kappa shape index (κ3) is 6.94. The molecule has 8 N–H and O–H groups in total. The standard InChI is InChI=1S/C23H33N7O5S/c1-2-9-26-20-17-21(28-13-27-20)30(14-29-17)22-19(32)18(31)16(35-22)12-36(10-6-4-3-5-8-24)11-7-15(25)23(33)34/h2,13-16,18-19,22,31-32H,1,3,5,7-12,24-25H2,(H-,26,27,28,33,34)/p+1. The van der Waals surface area contributed by atoms with Crippen molar-refractivity contribution < 1.29 is 24.9 Å². The van der Waals surface area contributed by atoms with Crippen LogP contribution in [0.5, 0.6) is 0 Å². The molecule has 1 saturated heterocycles. The summed E-state index contributed by atoms with van der Waals surface area (Å²) in [5, 5.41) is 33.8. The SMILES string of the molecule is C=CCNc1ncnc2c1ncn2C1OC(C[S+](CC#CCCCN)CCC(N)C(=O)O)C(O)C1O. The van der Waals surface area contributed by atoms with E-state index in [0.717, 1.165) is 6.42 Å². The molecule has 0 bridgehead atoms. The van der Waals surface area contributed by atoms with Gasteiger partial charge in [0.15, 0.2) is 29.0 Å². The van der Waals surface area contributed by atoms with Gasteiger partial charge in [-0.05, 0) is 18.9 Å². The minimum absolute atomic E-state index is 0.279. The highest BCUT2D eigenvalue weighted by Gasteiger charge is 2.47. The summed E-state index contributed by atoms with van der Waals surface area (Å²) >= 11 is 0. The molecule has 2 aromatic heterocycles. The van der Waals surface area contributed by atoms with Crippen LogP contribution in [0.25, 0.3) is 11.2 Å². The summed E-state index contributed by atoms with van der Waals surface area (Å²) in [6.07, 6.45) is 2.39. The maximum Gasteiger partial charge on any atom is 0.320 e. The Bertz CT molecular complexity index is 1090. The number of hydrogen-bond acceptors (Lipinski definition) is 10. The van der Waals surface area contributed by atoms with Gasteiger partial charge in [-0.25, -0.2) is 15.0 Å². The van der Waals surface area contributed by atoms with Gasteiger partial charge in [0.2, 0.25) is 0 Å². The quantitative estimate of drug-likeness (QED) is 0.0838. The third-order valence-electron chi connectivity index (χ3n) is 5.73. The molecule has 0 radical (unpaired) electrons. The molecule has 0 amide bonds. The molecule has 1 fully saturated rings. The fourth-order valence-corrected chi connectivity index (χ4v) is 5.79. The van der Waals surface area contributed by atoms with Crippen LogP contribution in [0.1, 0.15) is 25.5 Å². The number of anilines is 1. The van der Waals surface area contributed by atoms with E-state index in [1.165, 1.54) is 12.7 Å². The zero-order chi connectivity index (χ0) is 26.1. The molecular formula is C23H34N7O5S+. The Kier molecular flexibility index (Phi) is 10.5. The number of unbranched alkanes of at least 4 members (excludes halogenated alkanes) is 1. The number of imidazole rings is 1. The Labute approximate surface area is 212 Å². The highest BCUT2D eigenvalue weighted by molar-refractivity contribution is 7.97. The molecule has 0 aromatic carbocycles. The predicted molar refractivity (Wildman–Crippen MR) is 138 cm³/mol. The topological polar surface area (TPSA) is 195 Å². The maximum atomic E-state index is 11.2. The van der Waals surface area contributed by atoms with Crippen LogP contribution in [0.2, 0.25) is 0 Å². The number of aromatic nitrogens is 4. The lowest BCUT2D eigenvalue weighted by molar-refractivity contribution is -0.138. The van der Waals surface area contributed by atoms with Crippen molar-refractivity contribution in [3.05, 3.63) is 25.3 Å². The molecule has 12 nitrogen and oxygen atoms in total. The molecule has 196 valence electrons. The van der Waals surface area contributed by atoms with Gasteiger partial charge in [-0.3, -0.25) is 9.36 Å². The highest BCUT2D eigenvalue weighted by Crippen LogP contribution is 2.33. The number of hydrogen-bond donors (Lipinski definition) is 6. The number of aliphatic hydroxyl groups excluding tert-OH is 2. The van der Waals surface area contributed by atoms with Crippen molar-refractivity contribution in [2.45, 2.75) is 49.8 Å². The number of nitrogens with zero attached hydrogens (tertiary/aromatic N) is 4. The van der Waals surface area contributed by atoms with Gasteiger partial charge in [-0.15, -0.1) is 6.58 Å². The molecule has 2 aromatic rings. The first-order valence-corrected chi connectivity index (χ1v) is 13.4. The van der Waals surface area contributed by atoms with Crippen LogP contribution >= 0.6 is 0 Å². The van der Waals surface area contributed by atoms with E-state index in [4.69, 9.17) is 21.3 Å². The van der Waals surface area contributed by atoms with E-state index in [1.54, 1.807) is 10.6 Å². The number of nitrogens with two attached hydrogens (primary N) is 2. The number of fused-ring (bicyclic) bond motifs is 1. The van der Waals surface area contributed by atoms with Crippen LogP contribution in [-0.4, -0.2) is 95.5 Å². The van der Waals surface area contributed by atoms with Crippen molar-refractivity contribution in [2.24, 2.45) is 11.5 Å². The van der Waals surface area contributed by atoms with Gasteiger partial charge in [0.1, 0.15) is 42.2 Å². The first kappa shape index (κ1) is 27.9. The van der Waals surface area contributed by atoms with E-state index in [0.29, 0.717) is 53.8 Å². The second kappa shape index (κ2) is 13.5. The van der Waals surface area contributed by atoms with Gasteiger partial charge in [0.25, 0.3) is 0 Å².